The van der Waals surface area contributed by atoms with Gasteiger partial charge in [-0.25, -0.2) is 0 Å². The Morgan fingerprint density at radius 2 is 2.31 bits per heavy atom. The quantitative estimate of drug-likeness (QED) is 0.774. The first-order chi connectivity index (χ1) is 7.74. The molecule has 0 bridgehead atoms. The van der Waals surface area contributed by atoms with Gasteiger partial charge in [-0.1, -0.05) is 13.0 Å². The summed E-state index contributed by atoms with van der Waals surface area (Å²) in [6.07, 6.45) is 5.70. The van der Waals surface area contributed by atoms with Crippen LogP contribution in [0.3, 0.4) is 0 Å². The number of hydrogen-bond acceptors (Lipinski definition) is 2. The van der Waals surface area contributed by atoms with Crippen LogP contribution in [0.2, 0.25) is 0 Å². The molecule has 0 aromatic carbocycles. The van der Waals surface area contributed by atoms with E-state index in [2.05, 4.69) is 42.8 Å². The molecule has 0 saturated heterocycles. The SMILES string of the molecule is CCN(C(C)C)C1CCCc2cccnc21. The fraction of sp³-hybridized carbons (Fsp3) is 0.643. The molecule has 1 aromatic rings. The summed E-state index contributed by atoms with van der Waals surface area (Å²) < 4.78 is 0. The van der Waals surface area contributed by atoms with Gasteiger partial charge in [0, 0.05) is 12.2 Å². The van der Waals surface area contributed by atoms with Crippen LogP contribution in [0, 0.1) is 0 Å². The highest BCUT2D eigenvalue weighted by molar-refractivity contribution is 5.25. The summed E-state index contributed by atoms with van der Waals surface area (Å²) in [6.45, 7) is 7.91. The van der Waals surface area contributed by atoms with E-state index < -0.39 is 0 Å². The second kappa shape index (κ2) is 4.96. The number of aryl methyl sites for hydroxylation is 1. The van der Waals surface area contributed by atoms with E-state index in [1.54, 1.807) is 0 Å². The third-order valence-corrected chi connectivity index (χ3v) is 3.59. The van der Waals surface area contributed by atoms with Gasteiger partial charge in [-0.15, -0.1) is 0 Å². The molecular weight excluding hydrogens is 196 g/mol. The molecule has 0 N–H and O–H groups in total. The minimum atomic E-state index is 0.537. The van der Waals surface area contributed by atoms with E-state index in [4.69, 9.17) is 0 Å². The van der Waals surface area contributed by atoms with Crippen LogP contribution in [-0.4, -0.2) is 22.5 Å². The van der Waals surface area contributed by atoms with Gasteiger partial charge in [0.25, 0.3) is 0 Å². The fourth-order valence-corrected chi connectivity index (χ4v) is 2.85. The summed E-state index contributed by atoms with van der Waals surface area (Å²) in [6, 6.07) is 5.44. The summed E-state index contributed by atoms with van der Waals surface area (Å²) in [4.78, 5) is 7.17. The van der Waals surface area contributed by atoms with E-state index in [0.717, 1.165) is 6.54 Å². The van der Waals surface area contributed by atoms with Crippen molar-refractivity contribution in [3.05, 3.63) is 29.6 Å². The highest BCUT2D eigenvalue weighted by Gasteiger charge is 2.27. The maximum Gasteiger partial charge on any atom is 0.0607 e. The van der Waals surface area contributed by atoms with Crippen LogP contribution in [-0.2, 0) is 6.42 Å². The summed E-state index contributed by atoms with van der Waals surface area (Å²) >= 11 is 0. The number of fused-ring (bicyclic) bond motifs is 1. The highest BCUT2D eigenvalue weighted by atomic mass is 15.2. The monoisotopic (exact) mass is 218 g/mol. The lowest BCUT2D eigenvalue weighted by atomic mass is 9.90. The fourth-order valence-electron chi connectivity index (χ4n) is 2.85. The number of pyridine rings is 1. The first-order valence-electron chi connectivity index (χ1n) is 6.43. The topological polar surface area (TPSA) is 16.1 Å². The summed E-state index contributed by atoms with van der Waals surface area (Å²) in [7, 11) is 0. The highest BCUT2D eigenvalue weighted by Crippen LogP contribution is 2.33. The maximum atomic E-state index is 4.61. The molecule has 2 rings (SSSR count). The number of hydrogen-bond donors (Lipinski definition) is 0. The molecular formula is C14H22N2. The van der Waals surface area contributed by atoms with E-state index in [1.807, 2.05) is 6.20 Å². The average molecular weight is 218 g/mol. The summed E-state index contributed by atoms with van der Waals surface area (Å²) in [5.74, 6) is 0. The molecule has 16 heavy (non-hydrogen) atoms. The first kappa shape index (κ1) is 11.6. The number of nitrogens with zero attached hydrogens (tertiary/aromatic N) is 2. The first-order valence-corrected chi connectivity index (χ1v) is 6.43. The predicted octanol–water partition coefficient (Wildman–Crippen LogP) is 3.19. The largest absolute Gasteiger partial charge is 0.293 e. The second-order valence-corrected chi connectivity index (χ2v) is 4.88. The normalized spacial score (nSPS) is 20.2. The van der Waals surface area contributed by atoms with Crippen molar-refractivity contribution in [1.82, 2.24) is 9.88 Å². The average Bonchev–Trinajstić information content (AvgIpc) is 2.30. The van der Waals surface area contributed by atoms with Gasteiger partial charge >= 0.3 is 0 Å². The van der Waals surface area contributed by atoms with Crippen LogP contribution in [0.4, 0.5) is 0 Å². The van der Waals surface area contributed by atoms with Crippen LogP contribution in [0.15, 0.2) is 18.3 Å². The molecule has 1 aliphatic rings. The minimum Gasteiger partial charge on any atom is -0.293 e. The lowest BCUT2D eigenvalue weighted by Crippen LogP contribution is -2.36. The van der Waals surface area contributed by atoms with E-state index in [9.17, 15) is 0 Å². The van der Waals surface area contributed by atoms with Crippen molar-refractivity contribution in [1.29, 1.82) is 0 Å². The lowest BCUT2D eigenvalue weighted by molar-refractivity contribution is 0.143. The van der Waals surface area contributed by atoms with Gasteiger partial charge in [-0.3, -0.25) is 9.88 Å². The van der Waals surface area contributed by atoms with Crippen molar-refractivity contribution in [2.45, 2.75) is 52.1 Å². The summed E-state index contributed by atoms with van der Waals surface area (Å²) in [5, 5.41) is 0. The van der Waals surface area contributed by atoms with Gasteiger partial charge in [0.1, 0.15) is 0 Å². The van der Waals surface area contributed by atoms with Gasteiger partial charge < -0.3 is 0 Å². The molecule has 2 nitrogen and oxygen atoms in total. The van der Waals surface area contributed by atoms with Crippen molar-refractivity contribution in [2.75, 3.05) is 6.54 Å². The summed E-state index contributed by atoms with van der Waals surface area (Å²) in [5.41, 5.74) is 2.78. The number of aromatic nitrogens is 1. The molecule has 0 radical (unpaired) electrons. The zero-order valence-corrected chi connectivity index (χ0v) is 10.6. The van der Waals surface area contributed by atoms with Crippen molar-refractivity contribution < 1.29 is 0 Å². The van der Waals surface area contributed by atoms with E-state index in [0.29, 0.717) is 12.1 Å². The van der Waals surface area contributed by atoms with Crippen molar-refractivity contribution in [3.8, 4) is 0 Å². The van der Waals surface area contributed by atoms with Crippen LogP contribution >= 0.6 is 0 Å². The Kier molecular flexibility index (Phi) is 3.59. The molecule has 88 valence electrons. The standard InChI is InChI=1S/C14H22N2/c1-4-16(11(2)3)13-9-5-7-12-8-6-10-15-14(12)13/h6,8,10-11,13H,4-5,7,9H2,1-3H3. The van der Waals surface area contributed by atoms with Crippen LogP contribution < -0.4 is 0 Å². The third-order valence-electron chi connectivity index (χ3n) is 3.59. The van der Waals surface area contributed by atoms with Gasteiger partial charge in [-0.05, 0) is 51.3 Å². The molecule has 0 saturated carbocycles. The number of rotatable bonds is 3. The van der Waals surface area contributed by atoms with E-state index in [-0.39, 0.29) is 0 Å². The molecule has 0 aliphatic heterocycles. The molecule has 1 aliphatic carbocycles. The Bertz CT molecular complexity index is 346. The smallest absolute Gasteiger partial charge is 0.0607 e. The van der Waals surface area contributed by atoms with Crippen LogP contribution in [0.25, 0.3) is 0 Å². The second-order valence-electron chi connectivity index (χ2n) is 4.88. The Morgan fingerprint density at radius 3 is 3.00 bits per heavy atom. The predicted molar refractivity (Wildman–Crippen MR) is 67.4 cm³/mol. The zero-order valence-electron chi connectivity index (χ0n) is 10.6. The molecule has 2 heteroatoms. The Hall–Kier alpha value is -0.890. The van der Waals surface area contributed by atoms with Crippen molar-refractivity contribution in [2.24, 2.45) is 0 Å². The van der Waals surface area contributed by atoms with Gasteiger partial charge in [0.15, 0.2) is 0 Å². The van der Waals surface area contributed by atoms with Crippen LogP contribution in [0.1, 0.15) is 50.9 Å². The zero-order chi connectivity index (χ0) is 11.5. The van der Waals surface area contributed by atoms with Crippen molar-refractivity contribution in [3.63, 3.8) is 0 Å². The molecule has 0 fully saturated rings. The molecule has 0 spiro atoms. The van der Waals surface area contributed by atoms with Crippen LogP contribution in [0.5, 0.6) is 0 Å². The molecule has 1 atom stereocenters. The lowest BCUT2D eigenvalue weighted by Gasteiger charge is -2.36. The molecule has 0 amide bonds. The van der Waals surface area contributed by atoms with Gasteiger partial charge in [-0.2, -0.15) is 0 Å². The van der Waals surface area contributed by atoms with E-state index in [1.165, 1.54) is 30.5 Å². The minimum absolute atomic E-state index is 0.537. The molecule has 1 aromatic heterocycles. The van der Waals surface area contributed by atoms with E-state index >= 15 is 0 Å². The third kappa shape index (κ3) is 2.12. The Morgan fingerprint density at radius 1 is 1.50 bits per heavy atom. The van der Waals surface area contributed by atoms with Crippen molar-refractivity contribution >= 4 is 0 Å². The Balaban J connectivity index is 2.30. The van der Waals surface area contributed by atoms with Gasteiger partial charge in [0.05, 0.1) is 11.7 Å². The molecule has 1 unspecified atom stereocenters. The van der Waals surface area contributed by atoms with Gasteiger partial charge in [0.2, 0.25) is 0 Å². The molecule has 1 heterocycles. The Labute approximate surface area is 98.7 Å². The maximum absolute atomic E-state index is 4.61.